The molecule has 6 N–H and O–H groups in total. The monoisotopic (exact) mass is 898 g/mol. The standard InChI is InChI=1S/C51H48F2N4O7S/c52-46-35(27-54-29-43(59)39-17-19-42(58)48-40(39)18-21-45(60)56-48)14-16-41(47(46)53)49(61)55-28-38-15-20-44(65-38)34-10-7-13-37(26-34)51(63,36-11-5-2-6-12-36)50(62)64-31-33-22-24-57(25-23-33)30-32-8-3-1-4-9-32/h1-21,26,33,43,54,58-59,63H,22-25,27-31H2,(H,55,61)(H,56,60)/t43-,51?/m0/s1. The fraction of sp³-hybridized carbons (Fsp3) is 0.235. The number of benzene rings is 5. The Morgan fingerprint density at radius 3 is 2.35 bits per heavy atom. The Morgan fingerprint density at radius 1 is 0.846 bits per heavy atom. The second-order valence-electron chi connectivity index (χ2n) is 16.2. The highest BCUT2D eigenvalue weighted by Crippen LogP contribution is 2.36. The van der Waals surface area contributed by atoms with E-state index in [0.29, 0.717) is 22.1 Å². The van der Waals surface area contributed by atoms with Crippen LogP contribution in [0, 0.1) is 17.6 Å². The smallest absolute Gasteiger partial charge is 0.347 e. The third-order valence-corrected chi connectivity index (χ3v) is 13.0. The number of nitrogens with zero attached hydrogens (tertiary/aromatic N) is 1. The van der Waals surface area contributed by atoms with Crippen molar-refractivity contribution in [1.29, 1.82) is 0 Å². The number of aromatic amines is 1. The number of pyridine rings is 1. The molecule has 0 bridgehead atoms. The number of carbonyl (C=O) groups is 2. The van der Waals surface area contributed by atoms with Crippen LogP contribution >= 0.6 is 11.3 Å². The Balaban J connectivity index is 0.874. The number of rotatable bonds is 16. The van der Waals surface area contributed by atoms with Gasteiger partial charge in [-0.25, -0.2) is 13.6 Å². The zero-order chi connectivity index (χ0) is 45.5. The van der Waals surface area contributed by atoms with Crippen LogP contribution in [0.4, 0.5) is 8.78 Å². The number of amides is 1. The second-order valence-corrected chi connectivity index (χ2v) is 17.4. The number of aliphatic hydroxyl groups excluding tert-OH is 1. The number of piperidine rings is 1. The Kier molecular flexibility index (Phi) is 13.9. The van der Waals surface area contributed by atoms with Crippen molar-refractivity contribution in [2.24, 2.45) is 5.92 Å². The number of aromatic hydroxyl groups is 1. The molecule has 1 aliphatic rings. The minimum Gasteiger partial charge on any atom is -0.506 e. The number of nitrogens with one attached hydrogen (secondary N) is 3. The first-order valence-corrected chi connectivity index (χ1v) is 22.2. The van der Waals surface area contributed by atoms with Crippen molar-refractivity contribution in [2.45, 2.75) is 44.2 Å². The first-order chi connectivity index (χ1) is 31.5. The Morgan fingerprint density at radius 2 is 1.58 bits per heavy atom. The first kappa shape index (κ1) is 45.0. The maximum atomic E-state index is 15.3. The van der Waals surface area contributed by atoms with Gasteiger partial charge < -0.3 is 35.7 Å². The maximum absolute atomic E-state index is 15.3. The van der Waals surface area contributed by atoms with Gasteiger partial charge in [0, 0.05) is 52.0 Å². The molecular formula is C51H48F2N4O7S. The molecule has 5 aromatic carbocycles. The van der Waals surface area contributed by atoms with Gasteiger partial charge in [0.05, 0.1) is 30.3 Å². The molecule has 1 amide bonds. The highest BCUT2D eigenvalue weighted by molar-refractivity contribution is 7.15. The predicted molar refractivity (Wildman–Crippen MR) is 245 cm³/mol. The van der Waals surface area contributed by atoms with E-state index in [4.69, 9.17) is 4.74 Å². The lowest BCUT2D eigenvalue weighted by atomic mass is 9.85. The molecule has 14 heteroatoms. The fourth-order valence-electron chi connectivity index (χ4n) is 8.23. The molecule has 7 aromatic rings. The van der Waals surface area contributed by atoms with Gasteiger partial charge in [0.1, 0.15) is 5.75 Å². The molecule has 11 nitrogen and oxygen atoms in total. The van der Waals surface area contributed by atoms with Gasteiger partial charge in [-0.2, -0.15) is 0 Å². The van der Waals surface area contributed by atoms with Crippen LogP contribution in [0.15, 0.2) is 138 Å². The number of aromatic nitrogens is 1. The van der Waals surface area contributed by atoms with Crippen molar-refractivity contribution in [1.82, 2.24) is 20.5 Å². The van der Waals surface area contributed by atoms with Crippen LogP contribution in [-0.4, -0.2) is 63.3 Å². The number of thiophene rings is 1. The number of hydrogen-bond donors (Lipinski definition) is 6. The van der Waals surface area contributed by atoms with E-state index in [2.05, 4.69) is 32.7 Å². The third-order valence-electron chi connectivity index (χ3n) is 11.9. The van der Waals surface area contributed by atoms with Crippen molar-refractivity contribution >= 4 is 34.1 Å². The molecular weight excluding hydrogens is 851 g/mol. The number of halogens is 2. The van der Waals surface area contributed by atoms with Crippen molar-refractivity contribution in [3.05, 3.63) is 194 Å². The number of ether oxygens (including phenoxy) is 1. The number of likely N-dealkylation sites (tertiary alicyclic amines) is 1. The number of hydrogen-bond acceptors (Lipinski definition) is 10. The van der Waals surface area contributed by atoms with Gasteiger partial charge >= 0.3 is 5.97 Å². The summed E-state index contributed by atoms with van der Waals surface area (Å²) in [6, 6.07) is 37.9. The van der Waals surface area contributed by atoms with Crippen molar-refractivity contribution in [3.8, 4) is 16.2 Å². The number of carbonyl (C=O) groups excluding carboxylic acids is 2. The average Bonchev–Trinajstić information content (AvgIpc) is 3.82. The molecule has 2 atom stereocenters. The van der Waals surface area contributed by atoms with Gasteiger partial charge in [0.25, 0.3) is 5.91 Å². The molecule has 1 aliphatic heterocycles. The molecule has 2 aromatic heterocycles. The molecule has 8 rings (SSSR count). The summed E-state index contributed by atoms with van der Waals surface area (Å²) in [7, 11) is 0. The highest BCUT2D eigenvalue weighted by Gasteiger charge is 2.42. The molecule has 0 spiro atoms. The summed E-state index contributed by atoms with van der Waals surface area (Å²) < 4.78 is 36.4. The van der Waals surface area contributed by atoms with E-state index < -0.39 is 46.3 Å². The van der Waals surface area contributed by atoms with E-state index in [1.54, 1.807) is 48.5 Å². The maximum Gasteiger partial charge on any atom is 0.347 e. The van der Waals surface area contributed by atoms with E-state index in [1.165, 1.54) is 53.3 Å². The number of phenolic OH excluding ortho intramolecular Hbond substituents is 1. The molecule has 0 aliphatic carbocycles. The summed E-state index contributed by atoms with van der Waals surface area (Å²) in [5, 5.41) is 39.2. The summed E-state index contributed by atoms with van der Waals surface area (Å²) in [6.07, 6.45) is 0.636. The van der Waals surface area contributed by atoms with Gasteiger partial charge in [-0.05, 0) is 90.5 Å². The highest BCUT2D eigenvalue weighted by atomic mass is 32.1. The van der Waals surface area contributed by atoms with Gasteiger partial charge in [-0.15, -0.1) is 11.3 Å². The zero-order valence-corrected chi connectivity index (χ0v) is 36.1. The Labute approximate surface area is 378 Å². The van der Waals surface area contributed by atoms with Crippen LogP contribution in [0.5, 0.6) is 5.75 Å². The van der Waals surface area contributed by atoms with E-state index in [0.717, 1.165) is 47.8 Å². The van der Waals surface area contributed by atoms with E-state index in [9.17, 15) is 29.7 Å². The third kappa shape index (κ3) is 10.2. The summed E-state index contributed by atoms with van der Waals surface area (Å²) >= 11 is 1.36. The van der Waals surface area contributed by atoms with Crippen LogP contribution in [0.3, 0.4) is 0 Å². The quantitative estimate of drug-likeness (QED) is 0.0534. The molecule has 0 saturated carbocycles. The molecule has 1 saturated heterocycles. The number of phenols is 1. The largest absolute Gasteiger partial charge is 0.506 e. The number of esters is 1. The summed E-state index contributed by atoms with van der Waals surface area (Å²) in [6.45, 7) is 2.65. The van der Waals surface area contributed by atoms with Gasteiger partial charge in [0.15, 0.2) is 11.6 Å². The molecule has 3 heterocycles. The van der Waals surface area contributed by atoms with Gasteiger partial charge in [-0.1, -0.05) is 91.0 Å². The molecule has 0 radical (unpaired) electrons. The minimum absolute atomic E-state index is 0.0245. The first-order valence-electron chi connectivity index (χ1n) is 21.4. The SMILES string of the molecule is O=C(NCc1ccc(-c2cccc(C(O)(C(=O)OCC3CCN(Cc4ccccc4)CC3)c3ccccc3)c2)s1)c1ccc(CNC[C@H](O)c2ccc(O)c3[nH]c(=O)ccc23)c(F)c1F. The number of aliphatic hydroxyl groups is 2. The average molecular weight is 899 g/mol. The summed E-state index contributed by atoms with van der Waals surface area (Å²) in [4.78, 5) is 45.3. The fourth-order valence-corrected chi connectivity index (χ4v) is 9.17. The van der Waals surface area contributed by atoms with Crippen LogP contribution in [0.25, 0.3) is 21.3 Å². The second kappa shape index (κ2) is 20.1. The topological polar surface area (TPSA) is 164 Å². The normalized spacial score (nSPS) is 14.8. The van der Waals surface area contributed by atoms with Crippen LogP contribution in [0.2, 0.25) is 0 Å². The van der Waals surface area contributed by atoms with E-state index >= 15 is 8.78 Å². The summed E-state index contributed by atoms with van der Waals surface area (Å²) in [5.41, 5.74) is 0.248. The Bertz CT molecular complexity index is 2850. The van der Waals surface area contributed by atoms with Crippen LogP contribution in [-0.2, 0) is 34.8 Å². The molecule has 65 heavy (non-hydrogen) atoms. The predicted octanol–water partition coefficient (Wildman–Crippen LogP) is 7.68. The zero-order valence-electron chi connectivity index (χ0n) is 35.3. The van der Waals surface area contributed by atoms with E-state index in [1.807, 2.05) is 36.4 Å². The molecule has 1 unspecified atom stereocenters. The van der Waals surface area contributed by atoms with Crippen LogP contribution < -0.4 is 16.2 Å². The minimum atomic E-state index is -2.09. The summed E-state index contributed by atoms with van der Waals surface area (Å²) in [5.74, 6) is -4.07. The molecule has 334 valence electrons. The number of H-pyrrole nitrogens is 1. The number of fused-ring (bicyclic) bond motifs is 1. The lowest BCUT2D eigenvalue weighted by molar-refractivity contribution is -0.164. The van der Waals surface area contributed by atoms with Crippen molar-refractivity contribution in [3.63, 3.8) is 0 Å². The lowest BCUT2D eigenvalue weighted by Crippen LogP contribution is -2.40. The lowest BCUT2D eigenvalue weighted by Gasteiger charge is -2.33. The van der Waals surface area contributed by atoms with E-state index in [-0.39, 0.29) is 49.0 Å². The van der Waals surface area contributed by atoms with Gasteiger partial charge in [0.2, 0.25) is 11.2 Å². The Hall–Kier alpha value is -6.55. The van der Waals surface area contributed by atoms with Crippen molar-refractivity contribution < 1.29 is 38.4 Å². The van der Waals surface area contributed by atoms with Crippen molar-refractivity contribution in [2.75, 3.05) is 26.2 Å². The van der Waals surface area contributed by atoms with Crippen LogP contribution in [0.1, 0.15) is 62.0 Å². The van der Waals surface area contributed by atoms with Gasteiger partial charge in [-0.3, -0.25) is 14.5 Å². The molecule has 1 fully saturated rings.